The van der Waals surface area contributed by atoms with Crippen molar-refractivity contribution >= 4 is 37.5 Å². The molecule has 0 aliphatic carbocycles. The molecule has 2 aromatic heterocycles. The van der Waals surface area contributed by atoms with Gasteiger partial charge in [-0.05, 0) is 0 Å². The summed E-state index contributed by atoms with van der Waals surface area (Å²) >= 11 is 2.75. The number of benzene rings is 2. The van der Waals surface area contributed by atoms with Crippen molar-refractivity contribution in [2.24, 2.45) is 0 Å². The minimum absolute atomic E-state index is 0.156. The summed E-state index contributed by atoms with van der Waals surface area (Å²) in [7, 11) is 0. The Bertz CT molecular complexity index is 1140. The van der Waals surface area contributed by atoms with Crippen molar-refractivity contribution in [3.8, 4) is 22.4 Å². The summed E-state index contributed by atoms with van der Waals surface area (Å²) < 4.78 is 6.01. The molecule has 6 heteroatoms. The van der Waals surface area contributed by atoms with E-state index in [0.717, 1.165) is 5.56 Å². The number of anilines is 1. The van der Waals surface area contributed by atoms with E-state index in [4.69, 9.17) is 10.2 Å². The number of nitrogen functional groups attached to an aromatic ring is 1. The van der Waals surface area contributed by atoms with Crippen molar-refractivity contribution in [3.63, 3.8) is 0 Å². The Balaban J connectivity index is 2.07. The predicted octanol–water partition coefficient (Wildman–Crippen LogP) is 2.29. The Morgan fingerprint density at radius 3 is 2.48 bits per heavy atom. The Morgan fingerprint density at radius 1 is 0.960 bits per heavy atom. The summed E-state index contributed by atoms with van der Waals surface area (Å²) in [5, 5.41) is 0.498. The normalized spacial score (nSPS) is 10.9. The summed E-state index contributed by atoms with van der Waals surface area (Å²) in [6, 6.07) is 16.6. The van der Waals surface area contributed by atoms with E-state index in [9.17, 15) is 4.79 Å². The van der Waals surface area contributed by atoms with Crippen LogP contribution in [0.3, 0.4) is 0 Å². The van der Waals surface area contributed by atoms with Gasteiger partial charge in [0.15, 0.2) is 0 Å². The molecule has 0 spiro atoms. The van der Waals surface area contributed by atoms with Gasteiger partial charge in [0.1, 0.15) is 0 Å². The van der Waals surface area contributed by atoms with Gasteiger partial charge in [-0.25, -0.2) is 0 Å². The molecule has 0 saturated carbocycles. The van der Waals surface area contributed by atoms with E-state index < -0.39 is 0 Å². The van der Waals surface area contributed by atoms with E-state index in [1.54, 1.807) is 18.2 Å². The number of hydrogen-bond acceptors (Lipinski definition) is 5. The SMILES string of the molecule is Nc1nc([Se])nc(-c2coc3ccccc3c2=O)c1-c1ccccc1. The first-order valence-electron chi connectivity index (χ1n) is 7.56. The van der Waals surface area contributed by atoms with E-state index in [1.165, 1.54) is 6.26 Å². The van der Waals surface area contributed by atoms with Crippen molar-refractivity contribution < 1.29 is 4.42 Å². The second-order valence-electron chi connectivity index (χ2n) is 5.46. The monoisotopic (exact) mass is 394 g/mol. The van der Waals surface area contributed by atoms with Gasteiger partial charge >= 0.3 is 151 Å². The van der Waals surface area contributed by atoms with Crippen LogP contribution in [0, 0.1) is 0 Å². The Morgan fingerprint density at radius 2 is 1.68 bits per heavy atom. The van der Waals surface area contributed by atoms with Crippen molar-refractivity contribution in [1.29, 1.82) is 0 Å². The van der Waals surface area contributed by atoms with Gasteiger partial charge in [-0.15, -0.1) is 0 Å². The number of rotatable bonds is 2. The molecular formula is C19H12N3O2Se. The number of para-hydroxylation sites is 1. The van der Waals surface area contributed by atoms with Gasteiger partial charge in [-0.2, -0.15) is 0 Å². The third-order valence-corrected chi connectivity index (χ3v) is 4.30. The number of nitrogens with zero attached hydrogens (tertiary/aromatic N) is 2. The van der Waals surface area contributed by atoms with Crippen LogP contribution in [0.1, 0.15) is 0 Å². The van der Waals surface area contributed by atoms with Gasteiger partial charge in [0.2, 0.25) is 0 Å². The molecule has 2 N–H and O–H groups in total. The molecule has 25 heavy (non-hydrogen) atoms. The summed E-state index contributed by atoms with van der Waals surface area (Å²) in [4.78, 5) is 21.6. The molecule has 0 aliphatic heterocycles. The number of fused-ring (bicyclic) bond motifs is 1. The molecule has 0 saturated heterocycles. The topological polar surface area (TPSA) is 82.0 Å². The van der Waals surface area contributed by atoms with Crippen molar-refractivity contribution in [3.05, 3.63) is 71.1 Å². The molecule has 4 rings (SSSR count). The quantitative estimate of drug-likeness (QED) is 0.529. The van der Waals surface area contributed by atoms with E-state index >= 15 is 0 Å². The van der Waals surface area contributed by atoms with E-state index in [-0.39, 0.29) is 5.43 Å². The maximum atomic E-state index is 13.0. The molecule has 0 unspecified atom stereocenters. The van der Waals surface area contributed by atoms with Crippen LogP contribution < -0.4 is 15.9 Å². The Hall–Kier alpha value is -2.95. The van der Waals surface area contributed by atoms with Crippen LogP contribution in [0.25, 0.3) is 33.4 Å². The molecule has 2 aromatic carbocycles. The fraction of sp³-hybridized carbons (Fsp3) is 0. The fourth-order valence-corrected chi connectivity index (χ4v) is 3.18. The van der Waals surface area contributed by atoms with E-state index in [2.05, 4.69) is 26.0 Å². The van der Waals surface area contributed by atoms with Crippen LogP contribution in [-0.2, 0) is 0 Å². The summed E-state index contributed by atoms with van der Waals surface area (Å²) in [6.45, 7) is 0. The second kappa shape index (κ2) is 6.16. The zero-order chi connectivity index (χ0) is 17.4. The molecule has 4 aromatic rings. The fourth-order valence-electron chi connectivity index (χ4n) is 2.78. The maximum absolute atomic E-state index is 13.0. The standard InChI is InChI=1S/C19H12N3O2Se/c20-18-15(11-6-2-1-3-7-11)16(21-19(25)22-18)13-10-24-14-9-5-4-8-12(14)17(13)23/h1-10H,(H2,20,21,22). The Labute approximate surface area is 151 Å². The molecule has 1 radical (unpaired) electrons. The average Bonchev–Trinajstić information content (AvgIpc) is 2.62. The summed E-state index contributed by atoms with van der Waals surface area (Å²) in [5.41, 5.74) is 8.77. The third-order valence-electron chi connectivity index (χ3n) is 3.91. The molecule has 0 aliphatic rings. The molecular weight excluding hydrogens is 381 g/mol. The first kappa shape index (κ1) is 15.6. The van der Waals surface area contributed by atoms with Crippen molar-refractivity contribution in [2.75, 3.05) is 5.73 Å². The number of hydrogen-bond donors (Lipinski definition) is 1. The third kappa shape index (κ3) is 2.71. The zero-order valence-corrected chi connectivity index (χ0v) is 14.7. The molecule has 0 atom stereocenters. The van der Waals surface area contributed by atoms with Crippen LogP contribution in [-0.4, -0.2) is 26.0 Å². The molecule has 2 heterocycles. The van der Waals surface area contributed by atoms with E-state index in [1.807, 2.05) is 36.4 Å². The van der Waals surface area contributed by atoms with Gasteiger partial charge in [0.05, 0.1) is 0 Å². The van der Waals surface area contributed by atoms with Crippen LogP contribution in [0.4, 0.5) is 5.82 Å². The van der Waals surface area contributed by atoms with Crippen molar-refractivity contribution in [1.82, 2.24) is 9.97 Å². The average molecular weight is 393 g/mol. The van der Waals surface area contributed by atoms with Gasteiger partial charge in [0, 0.05) is 0 Å². The van der Waals surface area contributed by atoms with E-state index in [0.29, 0.717) is 38.3 Å². The molecule has 5 nitrogen and oxygen atoms in total. The van der Waals surface area contributed by atoms with Gasteiger partial charge in [0.25, 0.3) is 0 Å². The van der Waals surface area contributed by atoms with Crippen LogP contribution >= 0.6 is 0 Å². The second-order valence-corrected chi connectivity index (χ2v) is 6.22. The first-order valence-corrected chi connectivity index (χ1v) is 8.41. The molecule has 0 fully saturated rings. The molecule has 0 amide bonds. The Kier molecular flexibility index (Phi) is 3.84. The van der Waals surface area contributed by atoms with Crippen LogP contribution in [0.15, 0.2) is 70.1 Å². The molecule has 121 valence electrons. The van der Waals surface area contributed by atoms with Gasteiger partial charge < -0.3 is 0 Å². The summed E-state index contributed by atoms with van der Waals surface area (Å²) in [6.07, 6.45) is 1.43. The molecule has 0 bridgehead atoms. The van der Waals surface area contributed by atoms with Crippen LogP contribution in [0.2, 0.25) is 0 Å². The number of nitrogens with two attached hydrogens (primary N) is 1. The minimum atomic E-state index is -0.156. The zero-order valence-electron chi connectivity index (χ0n) is 13.0. The first-order chi connectivity index (χ1) is 12.1. The van der Waals surface area contributed by atoms with Gasteiger partial charge in [-0.1, -0.05) is 0 Å². The predicted molar refractivity (Wildman–Crippen MR) is 98.7 cm³/mol. The van der Waals surface area contributed by atoms with Gasteiger partial charge in [-0.3, -0.25) is 0 Å². The van der Waals surface area contributed by atoms with Crippen molar-refractivity contribution in [2.45, 2.75) is 0 Å². The summed E-state index contributed by atoms with van der Waals surface area (Å²) in [5.74, 6) is 0.303. The number of aromatic nitrogens is 2. The van der Waals surface area contributed by atoms with Crippen LogP contribution in [0.5, 0.6) is 0 Å².